The summed E-state index contributed by atoms with van der Waals surface area (Å²) in [6.07, 6.45) is 0.534. The van der Waals surface area contributed by atoms with Gasteiger partial charge in [-0.2, -0.15) is 0 Å². The molecule has 0 aliphatic carbocycles. The monoisotopic (exact) mass is 281 g/mol. The number of methoxy groups -OCH3 is 2. The van der Waals surface area contributed by atoms with Crippen molar-refractivity contribution in [3.63, 3.8) is 0 Å². The predicted molar refractivity (Wildman–Crippen MR) is 80.3 cm³/mol. The molecule has 1 rings (SSSR count). The molecule has 1 unspecified atom stereocenters. The Morgan fingerprint density at radius 1 is 1.30 bits per heavy atom. The highest BCUT2D eigenvalue weighted by Crippen LogP contribution is 2.13. The normalized spacial score (nSPS) is 13.2. The first-order valence-corrected chi connectivity index (χ1v) is 7.06. The summed E-state index contributed by atoms with van der Waals surface area (Å²) in [7, 11) is 3.31. The summed E-state index contributed by atoms with van der Waals surface area (Å²) < 4.78 is 10.6. The molecule has 1 atom stereocenters. The lowest BCUT2D eigenvalue weighted by atomic mass is 10.1. The highest BCUT2D eigenvalue weighted by molar-refractivity contribution is 5.10. The summed E-state index contributed by atoms with van der Waals surface area (Å²) in [4.78, 5) is 6.86. The van der Waals surface area contributed by atoms with E-state index < -0.39 is 0 Å². The number of aromatic nitrogens is 1. The maximum Gasteiger partial charge on any atom is 0.158 e. The molecule has 1 aromatic rings. The Morgan fingerprint density at radius 2 is 2.00 bits per heavy atom. The van der Waals surface area contributed by atoms with Crippen LogP contribution in [0.2, 0.25) is 0 Å². The predicted octanol–water partition coefficient (Wildman–Crippen LogP) is 1.55. The van der Waals surface area contributed by atoms with Crippen molar-refractivity contribution < 1.29 is 9.47 Å². The number of hydrogen-bond acceptors (Lipinski definition) is 5. The van der Waals surface area contributed by atoms with Crippen LogP contribution in [0.5, 0.6) is 0 Å². The van der Waals surface area contributed by atoms with Crippen LogP contribution in [0.15, 0.2) is 18.2 Å². The largest absolute Gasteiger partial charge is 0.356 e. The van der Waals surface area contributed by atoms with Gasteiger partial charge in [-0.25, -0.2) is 0 Å². The molecule has 5 heteroatoms. The zero-order valence-corrected chi connectivity index (χ0v) is 13.0. The Balaban J connectivity index is 2.71. The summed E-state index contributed by atoms with van der Waals surface area (Å²) in [6, 6.07) is 6.31. The number of rotatable bonds is 9. The number of hydrogen-bond donors (Lipinski definition) is 1. The fraction of sp³-hybridized carbons (Fsp3) is 0.667. The van der Waals surface area contributed by atoms with Crippen molar-refractivity contribution >= 4 is 0 Å². The minimum Gasteiger partial charge on any atom is -0.356 e. The Labute approximate surface area is 122 Å². The van der Waals surface area contributed by atoms with Crippen LogP contribution < -0.4 is 5.73 Å². The van der Waals surface area contributed by atoms with Gasteiger partial charge in [-0.3, -0.25) is 9.88 Å². The summed E-state index contributed by atoms with van der Waals surface area (Å²) in [5, 5.41) is 0. The smallest absolute Gasteiger partial charge is 0.158 e. The molecule has 0 aliphatic rings. The molecule has 0 aliphatic heterocycles. The van der Waals surface area contributed by atoms with Crippen LogP contribution in [0.1, 0.15) is 24.7 Å². The second-order valence-corrected chi connectivity index (χ2v) is 4.86. The van der Waals surface area contributed by atoms with Gasteiger partial charge >= 0.3 is 0 Å². The number of ether oxygens (including phenoxy) is 2. The maximum atomic E-state index is 5.92. The second kappa shape index (κ2) is 9.02. The third-order valence-electron chi connectivity index (χ3n) is 3.50. The molecule has 1 aromatic heterocycles. The Kier molecular flexibility index (Phi) is 7.69. The van der Waals surface area contributed by atoms with E-state index >= 15 is 0 Å². The van der Waals surface area contributed by atoms with Crippen LogP contribution in [0.3, 0.4) is 0 Å². The van der Waals surface area contributed by atoms with Gasteiger partial charge in [0.15, 0.2) is 6.29 Å². The van der Waals surface area contributed by atoms with Gasteiger partial charge in [-0.05, 0) is 25.6 Å². The topological polar surface area (TPSA) is 60.6 Å². The molecule has 1 heterocycles. The first-order valence-electron chi connectivity index (χ1n) is 7.06. The molecule has 0 radical (unpaired) electrons. The van der Waals surface area contributed by atoms with Crippen LogP contribution in [0.4, 0.5) is 0 Å². The molecule has 0 saturated carbocycles. The zero-order chi connectivity index (χ0) is 15.0. The molecule has 0 amide bonds. The quantitative estimate of drug-likeness (QED) is 0.696. The van der Waals surface area contributed by atoms with Gasteiger partial charge in [0.1, 0.15) is 0 Å². The minimum atomic E-state index is -0.219. The highest BCUT2D eigenvalue weighted by atomic mass is 16.7. The van der Waals surface area contributed by atoms with Crippen LogP contribution >= 0.6 is 0 Å². The van der Waals surface area contributed by atoms with Gasteiger partial charge in [0.05, 0.1) is 5.69 Å². The number of nitrogens with zero attached hydrogens (tertiary/aromatic N) is 2. The third kappa shape index (κ3) is 5.17. The number of pyridine rings is 1. The number of aryl methyl sites for hydroxylation is 1. The SMILES string of the molecule is CCN(Cc1cccc(C)n1)C(CN)CC(OC)OC. The van der Waals surface area contributed by atoms with Crippen LogP contribution in [-0.4, -0.2) is 49.5 Å². The van der Waals surface area contributed by atoms with Gasteiger partial charge in [0.25, 0.3) is 0 Å². The third-order valence-corrected chi connectivity index (χ3v) is 3.50. The summed E-state index contributed by atoms with van der Waals surface area (Å²) in [6.45, 7) is 6.42. The van der Waals surface area contributed by atoms with E-state index in [-0.39, 0.29) is 12.3 Å². The molecule has 20 heavy (non-hydrogen) atoms. The van der Waals surface area contributed by atoms with Crippen molar-refractivity contribution in [1.82, 2.24) is 9.88 Å². The molecule has 0 fully saturated rings. The van der Waals surface area contributed by atoms with E-state index in [2.05, 4.69) is 16.8 Å². The van der Waals surface area contributed by atoms with Crippen molar-refractivity contribution in [1.29, 1.82) is 0 Å². The highest BCUT2D eigenvalue weighted by Gasteiger charge is 2.21. The maximum absolute atomic E-state index is 5.92. The molecule has 0 bridgehead atoms. The summed E-state index contributed by atoms with van der Waals surface area (Å²) in [5.74, 6) is 0. The first-order chi connectivity index (χ1) is 9.64. The average molecular weight is 281 g/mol. The fourth-order valence-corrected chi connectivity index (χ4v) is 2.30. The Hall–Kier alpha value is -1.01. The molecule has 5 nitrogen and oxygen atoms in total. The first kappa shape index (κ1) is 17.0. The lowest BCUT2D eigenvalue weighted by Gasteiger charge is -2.31. The van der Waals surface area contributed by atoms with Crippen molar-refractivity contribution in [2.75, 3.05) is 27.3 Å². The number of nitrogens with two attached hydrogens (primary N) is 1. The van der Waals surface area contributed by atoms with Crippen LogP contribution in [0.25, 0.3) is 0 Å². The van der Waals surface area contributed by atoms with E-state index in [1.54, 1.807) is 14.2 Å². The fourth-order valence-electron chi connectivity index (χ4n) is 2.30. The molecule has 0 aromatic carbocycles. The molecule has 114 valence electrons. The molecule has 2 N–H and O–H groups in total. The minimum absolute atomic E-state index is 0.215. The van der Waals surface area contributed by atoms with E-state index in [0.29, 0.717) is 6.54 Å². The standard InChI is InChI=1S/C15H27N3O2/c1-5-18(11-13-8-6-7-12(2)17-13)14(10-16)9-15(19-3)20-4/h6-8,14-15H,5,9-11,16H2,1-4H3. The van der Waals surface area contributed by atoms with E-state index in [1.165, 1.54) is 0 Å². The van der Waals surface area contributed by atoms with Gasteiger partial charge < -0.3 is 15.2 Å². The van der Waals surface area contributed by atoms with E-state index in [9.17, 15) is 0 Å². The van der Waals surface area contributed by atoms with Gasteiger partial charge in [0.2, 0.25) is 0 Å². The molecule has 0 saturated heterocycles. The van der Waals surface area contributed by atoms with Crippen molar-refractivity contribution in [3.8, 4) is 0 Å². The van der Waals surface area contributed by atoms with Gasteiger partial charge in [-0.1, -0.05) is 13.0 Å². The van der Waals surface area contributed by atoms with Crippen molar-refractivity contribution in [2.45, 2.75) is 39.1 Å². The lowest BCUT2D eigenvalue weighted by molar-refractivity contribution is -0.116. The van der Waals surface area contributed by atoms with Crippen molar-refractivity contribution in [3.05, 3.63) is 29.6 Å². The van der Waals surface area contributed by atoms with Gasteiger partial charge in [-0.15, -0.1) is 0 Å². The number of likely N-dealkylation sites (N-methyl/N-ethyl adjacent to an activating group) is 1. The van der Waals surface area contributed by atoms with E-state index in [1.807, 2.05) is 25.1 Å². The van der Waals surface area contributed by atoms with Crippen LogP contribution in [-0.2, 0) is 16.0 Å². The Bertz CT molecular complexity index is 383. The van der Waals surface area contributed by atoms with E-state index in [4.69, 9.17) is 15.2 Å². The molecule has 0 spiro atoms. The van der Waals surface area contributed by atoms with Crippen molar-refractivity contribution in [2.24, 2.45) is 5.73 Å². The lowest BCUT2D eigenvalue weighted by Crippen LogP contribution is -2.43. The molecular formula is C15H27N3O2. The molecular weight excluding hydrogens is 254 g/mol. The van der Waals surface area contributed by atoms with Crippen LogP contribution in [0, 0.1) is 6.92 Å². The van der Waals surface area contributed by atoms with E-state index in [0.717, 1.165) is 30.9 Å². The summed E-state index contributed by atoms with van der Waals surface area (Å²) >= 11 is 0. The zero-order valence-electron chi connectivity index (χ0n) is 13.0. The summed E-state index contributed by atoms with van der Waals surface area (Å²) in [5.41, 5.74) is 8.02. The average Bonchev–Trinajstić information content (AvgIpc) is 2.47. The second-order valence-electron chi connectivity index (χ2n) is 4.86. The van der Waals surface area contributed by atoms with Gasteiger partial charge in [0, 0.05) is 45.5 Å². The Morgan fingerprint density at radius 3 is 2.50 bits per heavy atom.